The van der Waals surface area contributed by atoms with Crippen molar-refractivity contribution in [3.8, 4) is 5.75 Å². The smallest absolute Gasteiger partial charge is 0.408 e. The summed E-state index contributed by atoms with van der Waals surface area (Å²) in [6.07, 6.45) is 0.132. The first-order chi connectivity index (χ1) is 18.3. The molecule has 2 unspecified atom stereocenters. The third-order valence-electron chi connectivity index (χ3n) is 6.28. The molecule has 4 N–H and O–H groups in total. The molecule has 1 aliphatic heterocycles. The summed E-state index contributed by atoms with van der Waals surface area (Å²) in [7, 11) is 1.55. The van der Waals surface area contributed by atoms with E-state index < -0.39 is 42.5 Å². The van der Waals surface area contributed by atoms with Crippen molar-refractivity contribution in [1.82, 2.24) is 15.1 Å². The summed E-state index contributed by atoms with van der Waals surface area (Å²) in [5.41, 5.74) is 7.21. The van der Waals surface area contributed by atoms with Crippen molar-refractivity contribution in [3.63, 3.8) is 0 Å². The van der Waals surface area contributed by atoms with Crippen molar-refractivity contribution in [2.45, 2.75) is 38.0 Å². The highest BCUT2D eigenvalue weighted by Gasteiger charge is 2.40. The summed E-state index contributed by atoms with van der Waals surface area (Å²) in [6, 6.07) is 14.3. The third-order valence-corrected chi connectivity index (χ3v) is 6.28. The second kappa shape index (κ2) is 14.0. The van der Waals surface area contributed by atoms with Crippen LogP contribution >= 0.6 is 0 Å². The first-order valence-corrected chi connectivity index (χ1v) is 12.4. The van der Waals surface area contributed by atoms with Gasteiger partial charge in [0.1, 0.15) is 31.0 Å². The van der Waals surface area contributed by atoms with E-state index in [0.717, 1.165) is 11.1 Å². The average Bonchev–Trinajstić information content (AvgIpc) is 2.92. The van der Waals surface area contributed by atoms with Gasteiger partial charge in [-0.1, -0.05) is 42.5 Å². The fourth-order valence-corrected chi connectivity index (χ4v) is 4.32. The zero-order valence-electron chi connectivity index (χ0n) is 21.4. The molecule has 1 saturated heterocycles. The number of rotatable bonds is 12. The van der Waals surface area contributed by atoms with E-state index in [1.165, 1.54) is 9.80 Å². The molecule has 0 spiro atoms. The first-order valence-electron chi connectivity index (χ1n) is 12.4. The van der Waals surface area contributed by atoms with E-state index in [4.69, 9.17) is 15.2 Å². The summed E-state index contributed by atoms with van der Waals surface area (Å²) in [5, 5.41) is 11.8. The number of hydrogen-bond donors (Lipinski definition) is 3. The number of carboxylic acids is 1. The van der Waals surface area contributed by atoms with Gasteiger partial charge in [-0.15, -0.1) is 0 Å². The molecule has 0 aliphatic carbocycles. The molecule has 11 heteroatoms. The van der Waals surface area contributed by atoms with Gasteiger partial charge >= 0.3 is 12.1 Å². The van der Waals surface area contributed by atoms with Crippen molar-refractivity contribution in [2.75, 3.05) is 33.3 Å². The molecule has 2 aromatic carbocycles. The highest BCUT2D eigenvalue weighted by atomic mass is 16.5. The van der Waals surface area contributed by atoms with Gasteiger partial charge in [-0.25, -0.2) is 4.79 Å². The molecule has 204 valence electrons. The minimum atomic E-state index is -1.13. The zero-order chi connectivity index (χ0) is 27.5. The number of hydrogen-bond acceptors (Lipinski definition) is 7. The maximum Gasteiger partial charge on any atom is 0.408 e. The zero-order valence-corrected chi connectivity index (χ0v) is 21.4. The van der Waals surface area contributed by atoms with Gasteiger partial charge in [0, 0.05) is 19.5 Å². The molecule has 3 rings (SSSR count). The fourth-order valence-electron chi connectivity index (χ4n) is 4.32. The van der Waals surface area contributed by atoms with Crippen LogP contribution in [0.5, 0.6) is 5.75 Å². The van der Waals surface area contributed by atoms with Gasteiger partial charge < -0.3 is 35.4 Å². The Balaban J connectivity index is 1.80. The number of alkyl carbamates (subject to hydrolysis) is 1. The Morgan fingerprint density at radius 1 is 1.08 bits per heavy atom. The van der Waals surface area contributed by atoms with Gasteiger partial charge in [0.2, 0.25) is 11.8 Å². The number of amides is 3. The van der Waals surface area contributed by atoms with Crippen LogP contribution in [0, 0.1) is 0 Å². The van der Waals surface area contributed by atoms with Crippen LogP contribution in [0.3, 0.4) is 0 Å². The van der Waals surface area contributed by atoms with Crippen LogP contribution < -0.4 is 15.8 Å². The number of nitrogens with one attached hydrogen (secondary N) is 1. The molecule has 2 aromatic rings. The Morgan fingerprint density at radius 2 is 1.79 bits per heavy atom. The lowest BCUT2D eigenvalue weighted by Gasteiger charge is -2.41. The van der Waals surface area contributed by atoms with E-state index in [9.17, 15) is 24.3 Å². The van der Waals surface area contributed by atoms with Crippen molar-refractivity contribution < 1.29 is 33.8 Å². The van der Waals surface area contributed by atoms with Crippen LogP contribution in [-0.4, -0.2) is 84.2 Å². The van der Waals surface area contributed by atoms with Gasteiger partial charge in [0.05, 0.1) is 7.11 Å². The quantitative estimate of drug-likeness (QED) is 0.375. The summed E-state index contributed by atoms with van der Waals surface area (Å²) in [4.78, 5) is 53.5. The van der Waals surface area contributed by atoms with Crippen molar-refractivity contribution in [2.24, 2.45) is 5.73 Å². The molecular weight excluding hydrogens is 492 g/mol. The minimum absolute atomic E-state index is 0.0294. The normalized spacial score (nSPS) is 16.1. The molecule has 2 atom stereocenters. The molecule has 1 fully saturated rings. The van der Waals surface area contributed by atoms with Gasteiger partial charge in [0.15, 0.2) is 0 Å². The van der Waals surface area contributed by atoms with Crippen molar-refractivity contribution >= 4 is 23.9 Å². The maximum absolute atomic E-state index is 13.8. The molecule has 0 radical (unpaired) electrons. The standard InChI is InChI=1S/C27H34N4O7/c1-37-21-11-9-19(10-12-21)16-22(29-27(36)38-18-20-6-3-2-4-7-20)25(34)31-15-14-30(17-24(32)33)26(35)23(31)8-5-13-28/h2-4,6-7,9-12,22-23H,5,8,13-18,28H2,1H3,(H,29,36)(H,32,33). The fraction of sp³-hybridized carbons (Fsp3) is 0.407. The number of piperazine rings is 1. The molecule has 0 aromatic heterocycles. The SMILES string of the molecule is COc1ccc(CC(NC(=O)OCc2ccccc2)C(=O)N2CCN(CC(=O)O)C(=O)C2CCCN)cc1. The van der Waals surface area contributed by atoms with E-state index in [-0.39, 0.29) is 32.5 Å². The summed E-state index contributed by atoms with van der Waals surface area (Å²) in [6.45, 7) is 0.0989. The van der Waals surface area contributed by atoms with E-state index in [1.54, 1.807) is 31.4 Å². The predicted octanol–water partition coefficient (Wildman–Crippen LogP) is 1.40. The highest BCUT2D eigenvalue weighted by Crippen LogP contribution is 2.20. The average molecular weight is 527 g/mol. The van der Waals surface area contributed by atoms with Crippen molar-refractivity contribution in [1.29, 1.82) is 0 Å². The monoisotopic (exact) mass is 526 g/mol. The second-order valence-electron chi connectivity index (χ2n) is 8.94. The van der Waals surface area contributed by atoms with Crippen LogP contribution in [0.4, 0.5) is 4.79 Å². The van der Waals surface area contributed by atoms with Crippen LogP contribution in [0.25, 0.3) is 0 Å². The highest BCUT2D eigenvalue weighted by molar-refractivity contribution is 5.93. The number of nitrogens with zero attached hydrogens (tertiary/aromatic N) is 2. The van der Waals surface area contributed by atoms with Gasteiger partial charge in [-0.3, -0.25) is 14.4 Å². The lowest BCUT2D eigenvalue weighted by Crippen LogP contribution is -2.63. The largest absolute Gasteiger partial charge is 0.497 e. The minimum Gasteiger partial charge on any atom is -0.497 e. The summed E-state index contributed by atoms with van der Waals surface area (Å²) in [5.74, 6) is -1.39. The van der Waals surface area contributed by atoms with Crippen LogP contribution in [-0.2, 0) is 32.1 Å². The number of methoxy groups -OCH3 is 1. The predicted molar refractivity (Wildman–Crippen MR) is 138 cm³/mol. The third kappa shape index (κ3) is 7.94. The number of carbonyl (C=O) groups excluding carboxylic acids is 3. The number of carbonyl (C=O) groups is 4. The van der Waals surface area contributed by atoms with E-state index >= 15 is 0 Å². The number of aliphatic carboxylic acids is 1. The molecule has 3 amide bonds. The molecule has 1 aliphatic rings. The number of carboxylic acid groups (broad SMARTS) is 1. The summed E-state index contributed by atoms with van der Waals surface area (Å²) < 4.78 is 10.5. The Hall–Kier alpha value is -4.12. The van der Waals surface area contributed by atoms with E-state index in [0.29, 0.717) is 18.7 Å². The molecule has 1 heterocycles. The molecular formula is C27H34N4O7. The van der Waals surface area contributed by atoms with Gasteiger partial charge in [-0.2, -0.15) is 0 Å². The molecule has 38 heavy (non-hydrogen) atoms. The Morgan fingerprint density at radius 3 is 2.42 bits per heavy atom. The maximum atomic E-state index is 13.8. The molecule has 0 saturated carbocycles. The van der Waals surface area contributed by atoms with E-state index in [1.807, 2.05) is 30.3 Å². The number of nitrogens with two attached hydrogens (primary N) is 1. The van der Waals surface area contributed by atoms with Crippen LogP contribution in [0.1, 0.15) is 24.0 Å². The van der Waals surface area contributed by atoms with Crippen molar-refractivity contribution in [3.05, 3.63) is 65.7 Å². The molecule has 0 bridgehead atoms. The lowest BCUT2D eigenvalue weighted by atomic mass is 10.00. The number of benzene rings is 2. The number of ether oxygens (including phenoxy) is 2. The Bertz CT molecular complexity index is 1090. The Kier molecular flexibility index (Phi) is 10.5. The van der Waals surface area contributed by atoms with Crippen LogP contribution in [0.2, 0.25) is 0 Å². The van der Waals surface area contributed by atoms with E-state index in [2.05, 4.69) is 5.32 Å². The van der Waals surface area contributed by atoms with Gasteiger partial charge in [-0.05, 0) is 42.6 Å². The second-order valence-corrected chi connectivity index (χ2v) is 8.94. The van der Waals surface area contributed by atoms with Gasteiger partial charge in [0.25, 0.3) is 0 Å². The topological polar surface area (TPSA) is 152 Å². The molecule has 11 nitrogen and oxygen atoms in total. The first kappa shape index (κ1) is 28.5. The van der Waals surface area contributed by atoms with Crippen LogP contribution in [0.15, 0.2) is 54.6 Å². The Labute approximate surface area is 221 Å². The lowest BCUT2D eigenvalue weighted by molar-refractivity contribution is -0.156. The summed E-state index contributed by atoms with van der Waals surface area (Å²) >= 11 is 0.